The lowest BCUT2D eigenvalue weighted by Crippen LogP contribution is -2.01. The van der Waals surface area contributed by atoms with Gasteiger partial charge in [-0.3, -0.25) is 18.2 Å². The predicted molar refractivity (Wildman–Crippen MR) is 267 cm³/mol. The Morgan fingerprint density at radius 1 is 0.347 bits per heavy atom. The van der Waals surface area contributed by atoms with Crippen LogP contribution >= 0.6 is 0 Å². The zero-order valence-corrected chi connectivity index (χ0v) is 41.3. The van der Waals surface area contributed by atoms with Crippen molar-refractivity contribution in [3.63, 3.8) is 0 Å². The van der Waals surface area contributed by atoms with Crippen LogP contribution in [0.1, 0.15) is 0 Å². The van der Waals surface area contributed by atoms with Crippen molar-refractivity contribution in [1.82, 2.24) is 0 Å². The number of phenols is 2. The average molecular weight is 1120 g/mol. The quantitative estimate of drug-likeness (QED) is 0.0285. The number of anilines is 2. The highest BCUT2D eigenvalue weighted by Gasteiger charge is 2.27. The Balaban J connectivity index is 1.05. The molecule has 0 amide bonds. The summed E-state index contributed by atoms with van der Waals surface area (Å²) in [5, 5.41) is 53.3. The van der Waals surface area contributed by atoms with E-state index in [2.05, 4.69) is 40.9 Å². The van der Waals surface area contributed by atoms with Crippen LogP contribution in [0.2, 0.25) is 0 Å². The zero-order valence-electron chi connectivity index (χ0n) is 37.2. The molecule has 8 aromatic carbocycles. The van der Waals surface area contributed by atoms with Crippen LogP contribution in [-0.2, 0) is 50.3 Å². The van der Waals surface area contributed by atoms with Gasteiger partial charge in [0.1, 0.15) is 21.2 Å². The zero-order chi connectivity index (χ0) is 54.4. The van der Waals surface area contributed by atoms with E-state index in [4.69, 9.17) is 11.5 Å². The third-order valence-corrected chi connectivity index (χ3v) is 15.8. The molecule has 0 heterocycles. The molecule has 0 radical (unpaired) electrons. The van der Waals surface area contributed by atoms with E-state index in [9.17, 15) is 70.5 Å². The van der Waals surface area contributed by atoms with E-state index < -0.39 is 92.8 Å². The topological polar surface area (TPSA) is 443 Å². The fourth-order valence-corrected chi connectivity index (χ4v) is 10.7. The van der Waals surface area contributed by atoms with Crippen molar-refractivity contribution < 1.29 is 70.5 Å². The molecule has 0 atom stereocenters. The van der Waals surface area contributed by atoms with E-state index in [1.807, 2.05) is 0 Å². The molecule has 384 valence electrons. The first-order valence-corrected chi connectivity index (χ1v) is 27.7. The monoisotopic (exact) mass is 1120 g/mol. The molecule has 10 N–H and O–H groups in total. The van der Waals surface area contributed by atoms with Gasteiger partial charge in [0.15, 0.2) is 11.5 Å². The van der Waals surface area contributed by atoms with Crippen LogP contribution in [0.3, 0.4) is 0 Å². The van der Waals surface area contributed by atoms with Crippen LogP contribution in [0.15, 0.2) is 204 Å². The van der Waals surface area contributed by atoms with Gasteiger partial charge < -0.3 is 21.7 Å². The van der Waals surface area contributed by atoms with Crippen molar-refractivity contribution >= 4 is 129 Å². The highest BCUT2D eigenvalue weighted by atomic mass is 32.2. The van der Waals surface area contributed by atoms with E-state index in [0.717, 1.165) is 60.7 Å². The first-order chi connectivity index (χ1) is 35.1. The Morgan fingerprint density at radius 3 is 1.03 bits per heavy atom. The van der Waals surface area contributed by atoms with Gasteiger partial charge in [0, 0.05) is 22.1 Å². The van der Waals surface area contributed by atoms with Crippen LogP contribution < -0.4 is 11.5 Å². The maximum absolute atomic E-state index is 13.7. The van der Waals surface area contributed by atoms with E-state index in [-0.39, 0.29) is 76.8 Å². The first-order valence-electron chi connectivity index (χ1n) is 20.5. The van der Waals surface area contributed by atoms with Crippen LogP contribution in [0, 0.1) is 0 Å². The summed E-state index contributed by atoms with van der Waals surface area (Å²) in [5.74, 6) is -1.74. The number of aromatic hydroxyl groups is 2. The number of phenolic OH excluding ortho intramolecular Hbond substituents is 2. The van der Waals surface area contributed by atoms with Crippen LogP contribution in [0.25, 0.3) is 21.5 Å². The van der Waals surface area contributed by atoms with Gasteiger partial charge in [-0.15, -0.1) is 20.5 Å². The molecular formula is C44H32N10O16S5. The Kier molecular flexibility index (Phi) is 13.9. The lowest BCUT2D eigenvalue weighted by Gasteiger charge is -2.12. The Labute approximate surface area is 423 Å². The second-order valence-electron chi connectivity index (χ2n) is 15.5. The number of hydrogen-bond acceptors (Lipinski definition) is 22. The summed E-state index contributed by atoms with van der Waals surface area (Å²) >= 11 is 0. The normalized spacial score (nSPS) is 13.1. The van der Waals surface area contributed by atoms with Crippen molar-refractivity contribution in [3.8, 4) is 11.5 Å². The lowest BCUT2D eigenvalue weighted by molar-refractivity contribution is 0.472. The molecule has 31 heteroatoms. The molecule has 0 aliphatic carbocycles. The van der Waals surface area contributed by atoms with E-state index in [1.54, 1.807) is 0 Å². The minimum atomic E-state index is -5.17. The van der Waals surface area contributed by atoms with Gasteiger partial charge in [-0.2, -0.15) is 54.1 Å². The van der Waals surface area contributed by atoms with Gasteiger partial charge in [-0.1, -0.05) is 12.1 Å². The molecule has 0 fully saturated rings. The number of nitrogen functional groups attached to an aromatic ring is 2. The molecule has 75 heavy (non-hydrogen) atoms. The maximum atomic E-state index is 13.7. The van der Waals surface area contributed by atoms with E-state index in [1.165, 1.54) is 72.8 Å². The minimum absolute atomic E-state index is 0.0426. The van der Waals surface area contributed by atoms with Gasteiger partial charge in [0.25, 0.3) is 40.5 Å². The standard InChI is InChI=1S/C44H32N10O16S5/c45-33-15-17-35(51-49-25-3-1-5-29(19-25)72(59,60)61)31-21-37(74(65,66)67)41(43(55)39(31)33)53-47-23-7-11-27(12-8-23)71(57,58)28-13-9-24(10-14-28)48-54-42-38(75(68,69)70)22-32-36(18-16-34(46)40(32)44(42)56)52-50-26-4-2-6-30(20-26)73(62,63)64/h1-22,55-56H,45-46H2,(H,59,60,61)(H,62,63,64)(H,65,66,67)(H,68,69,70). The van der Waals surface area contributed by atoms with Crippen molar-refractivity contribution in [2.45, 2.75) is 29.4 Å². The number of hydrogen-bond donors (Lipinski definition) is 8. The fourth-order valence-electron chi connectivity index (χ4n) is 7.07. The number of fused-ring (bicyclic) bond motifs is 2. The summed E-state index contributed by atoms with van der Waals surface area (Å²) in [5.41, 5.74) is 10.1. The first kappa shape index (κ1) is 52.8. The summed E-state index contributed by atoms with van der Waals surface area (Å²) in [6.45, 7) is 0. The Bertz CT molecular complexity index is 4130. The van der Waals surface area contributed by atoms with Gasteiger partial charge in [0.2, 0.25) is 9.84 Å². The molecule has 0 spiro atoms. The largest absolute Gasteiger partial charge is 0.505 e. The summed E-state index contributed by atoms with van der Waals surface area (Å²) in [7, 11) is -23.8. The van der Waals surface area contributed by atoms with Gasteiger partial charge in [0.05, 0.1) is 64.5 Å². The van der Waals surface area contributed by atoms with Crippen molar-refractivity contribution in [3.05, 3.63) is 133 Å². The highest BCUT2D eigenvalue weighted by Crippen LogP contribution is 2.48. The second kappa shape index (κ2) is 19.7. The van der Waals surface area contributed by atoms with Crippen molar-refractivity contribution in [2.75, 3.05) is 11.5 Å². The molecule has 0 aliphatic heterocycles. The van der Waals surface area contributed by atoms with Crippen molar-refractivity contribution in [1.29, 1.82) is 0 Å². The summed E-state index contributed by atoms with van der Waals surface area (Å²) in [6.07, 6.45) is 0. The van der Waals surface area contributed by atoms with Gasteiger partial charge in [-0.25, -0.2) is 8.42 Å². The molecule has 8 rings (SSSR count). The SMILES string of the molecule is Nc1ccc(N=Nc2cccc(S(=O)(=O)O)c2)c2cc(S(=O)(=O)O)c(N=Nc3ccc(S(=O)(=O)c4ccc(N=Nc5c(S(=O)(=O)O)cc6c(N=Nc7cccc(S(=O)(=O)O)c7)ccc(N)c6c5O)cc4)cc3)c(O)c12. The summed E-state index contributed by atoms with van der Waals surface area (Å²) < 4.78 is 163. The molecule has 0 bridgehead atoms. The third kappa shape index (κ3) is 11.2. The Hall–Kier alpha value is -8.53. The molecule has 0 unspecified atom stereocenters. The van der Waals surface area contributed by atoms with E-state index in [0.29, 0.717) is 0 Å². The molecule has 0 aromatic heterocycles. The molecule has 0 saturated heterocycles. The van der Waals surface area contributed by atoms with E-state index >= 15 is 0 Å². The molecule has 26 nitrogen and oxygen atoms in total. The fraction of sp³-hybridized carbons (Fsp3) is 0. The number of azo groups is 4. The minimum Gasteiger partial charge on any atom is -0.505 e. The highest BCUT2D eigenvalue weighted by molar-refractivity contribution is 7.91. The van der Waals surface area contributed by atoms with Crippen LogP contribution in [-0.4, -0.2) is 70.5 Å². The second-order valence-corrected chi connectivity index (χ2v) is 23.1. The van der Waals surface area contributed by atoms with Gasteiger partial charge in [-0.05, 0) is 121 Å². The molecule has 0 aliphatic rings. The number of nitrogens with zero attached hydrogens (tertiary/aromatic N) is 8. The lowest BCUT2D eigenvalue weighted by atomic mass is 10.0. The number of sulfone groups is 1. The predicted octanol–water partition coefficient (Wildman–Crippen LogP) is 10.0. The number of rotatable bonds is 14. The maximum Gasteiger partial charge on any atom is 0.296 e. The summed E-state index contributed by atoms with van der Waals surface area (Å²) in [6, 6.07) is 25.6. The number of benzene rings is 8. The van der Waals surface area contributed by atoms with Gasteiger partial charge >= 0.3 is 0 Å². The molecule has 0 saturated carbocycles. The van der Waals surface area contributed by atoms with Crippen LogP contribution in [0.4, 0.5) is 56.9 Å². The molecular weight excluding hydrogens is 1080 g/mol. The third-order valence-electron chi connectivity index (χ3n) is 10.6. The number of nitrogens with two attached hydrogens (primary N) is 2. The van der Waals surface area contributed by atoms with Crippen LogP contribution in [0.5, 0.6) is 11.5 Å². The smallest absolute Gasteiger partial charge is 0.296 e. The average Bonchev–Trinajstić information content (AvgIpc) is 3.34. The Morgan fingerprint density at radius 2 is 0.693 bits per heavy atom. The summed E-state index contributed by atoms with van der Waals surface area (Å²) in [4.78, 5) is -3.42. The van der Waals surface area contributed by atoms with Crippen molar-refractivity contribution in [2.24, 2.45) is 40.9 Å². The molecule has 8 aromatic rings.